The van der Waals surface area contributed by atoms with Crippen LogP contribution in [-0.2, 0) is 0 Å². The van der Waals surface area contributed by atoms with Crippen molar-refractivity contribution < 1.29 is 0 Å². The third-order valence-electron chi connectivity index (χ3n) is 5.06. The summed E-state index contributed by atoms with van der Waals surface area (Å²) in [5, 5.41) is 0. The van der Waals surface area contributed by atoms with Gasteiger partial charge in [0.05, 0.1) is 0 Å². The molecule has 0 aromatic carbocycles. The SMILES string of the molecule is CCCN1CCN(C2(CN)CCCC2C)CC1. The monoisotopic (exact) mass is 239 g/mol. The van der Waals surface area contributed by atoms with Crippen LogP contribution < -0.4 is 5.73 Å². The van der Waals surface area contributed by atoms with Crippen molar-refractivity contribution in [2.24, 2.45) is 11.7 Å². The van der Waals surface area contributed by atoms with Gasteiger partial charge in [-0.1, -0.05) is 20.3 Å². The van der Waals surface area contributed by atoms with Crippen molar-refractivity contribution in [3.05, 3.63) is 0 Å². The molecule has 17 heavy (non-hydrogen) atoms. The Balaban J connectivity index is 1.94. The molecule has 0 bridgehead atoms. The quantitative estimate of drug-likeness (QED) is 0.807. The molecule has 1 heterocycles. The topological polar surface area (TPSA) is 32.5 Å². The molecule has 0 amide bonds. The fraction of sp³-hybridized carbons (Fsp3) is 1.00. The van der Waals surface area contributed by atoms with E-state index in [0.29, 0.717) is 5.54 Å². The Morgan fingerprint density at radius 3 is 2.41 bits per heavy atom. The van der Waals surface area contributed by atoms with Gasteiger partial charge in [-0.25, -0.2) is 0 Å². The molecule has 1 aliphatic heterocycles. The van der Waals surface area contributed by atoms with Crippen LogP contribution in [0.4, 0.5) is 0 Å². The molecule has 0 spiro atoms. The van der Waals surface area contributed by atoms with E-state index in [1.807, 2.05) is 0 Å². The maximum Gasteiger partial charge on any atom is 0.0358 e. The van der Waals surface area contributed by atoms with Crippen molar-refractivity contribution in [1.29, 1.82) is 0 Å². The highest BCUT2D eigenvalue weighted by Gasteiger charge is 2.44. The third-order valence-corrected chi connectivity index (χ3v) is 5.06. The molecule has 1 saturated heterocycles. The Hall–Kier alpha value is -0.120. The highest BCUT2D eigenvalue weighted by molar-refractivity contribution is 5.01. The summed E-state index contributed by atoms with van der Waals surface area (Å²) in [4.78, 5) is 5.30. The molecule has 100 valence electrons. The lowest BCUT2D eigenvalue weighted by Crippen LogP contribution is -2.61. The molecule has 0 radical (unpaired) electrons. The summed E-state index contributed by atoms with van der Waals surface area (Å²) in [6.45, 7) is 11.7. The molecule has 2 aliphatic rings. The van der Waals surface area contributed by atoms with Crippen LogP contribution in [0.1, 0.15) is 39.5 Å². The van der Waals surface area contributed by atoms with E-state index in [9.17, 15) is 0 Å². The Morgan fingerprint density at radius 2 is 1.94 bits per heavy atom. The van der Waals surface area contributed by atoms with Crippen molar-refractivity contribution in [1.82, 2.24) is 9.80 Å². The maximum absolute atomic E-state index is 6.13. The maximum atomic E-state index is 6.13. The summed E-state index contributed by atoms with van der Waals surface area (Å²) in [7, 11) is 0. The molecule has 1 aliphatic carbocycles. The predicted octanol–water partition coefficient (Wildman–Crippen LogP) is 1.53. The van der Waals surface area contributed by atoms with Gasteiger partial charge in [0.15, 0.2) is 0 Å². The Bertz CT molecular complexity index is 236. The molecule has 2 atom stereocenters. The highest BCUT2D eigenvalue weighted by Crippen LogP contribution is 2.39. The van der Waals surface area contributed by atoms with Gasteiger partial charge in [0, 0.05) is 38.3 Å². The van der Waals surface area contributed by atoms with Gasteiger partial charge in [-0.05, 0) is 31.7 Å². The van der Waals surface area contributed by atoms with E-state index in [0.717, 1.165) is 12.5 Å². The predicted molar refractivity (Wildman–Crippen MR) is 73.1 cm³/mol. The summed E-state index contributed by atoms with van der Waals surface area (Å²) in [5.41, 5.74) is 6.46. The van der Waals surface area contributed by atoms with E-state index in [1.165, 1.54) is 58.4 Å². The van der Waals surface area contributed by atoms with Gasteiger partial charge in [-0.15, -0.1) is 0 Å². The van der Waals surface area contributed by atoms with Crippen LogP contribution in [-0.4, -0.2) is 54.6 Å². The van der Waals surface area contributed by atoms with Crippen LogP contribution in [0.3, 0.4) is 0 Å². The van der Waals surface area contributed by atoms with E-state index < -0.39 is 0 Å². The van der Waals surface area contributed by atoms with Gasteiger partial charge in [-0.3, -0.25) is 4.90 Å². The number of hydrogen-bond donors (Lipinski definition) is 1. The second kappa shape index (κ2) is 5.68. The smallest absolute Gasteiger partial charge is 0.0358 e. The average molecular weight is 239 g/mol. The molecule has 0 aromatic rings. The van der Waals surface area contributed by atoms with E-state index in [-0.39, 0.29) is 0 Å². The van der Waals surface area contributed by atoms with Crippen molar-refractivity contribution in [2.45, 2.75) is 45.1 Å². The Kier molecular flexibility index (Phi) is 4.45. The lowest BCUT2D eigenvalue weighted by molar-refractivity contribution is 0.0166. The van der Waals surface area contributed by atoms with Crippen molar-refractivity contribution >= 4 is 0 Å². The second-order valence-electron chi connectivity index (χ2n) is 5.93. The number of hydrogen-bond acceptors (Lipinski definition) is 3. The molecule has 3 heteroatoms. The molecular weight excluding hydrogens is 210 g/mol. The third kappa shape index (κ3) is 2.51. The molecule has 2 unspecified atom stereocenters. The summed E-state index contributed by atoms with van der Waals surface area (Å²) in [6.07, 6.45) is 5.33. The van der Waals surface area contributed by atoms with Gasteiger partial charge < -0.3 is 10.6 Å². The first kappa shape index (κ1) is 13.3. The average Bonchev–Trinajstić information content (AvgIpc) is 2.73. The van der Waals surface area contributed by atoms with Crippen LogP contribution in [0.5, 0.6) is 0 Å². The Morgan fingerprint density at radius 1 is 1.24 bits per heavy atom. The molecular formula is C14H29N3. The first-order valence-electron chi connectivity index (χ1n) is 7.40. The van der Waals surface area contributed by atoms with Crippen molar-refractivity contribution in [2.75, 3.05) is 39.3 Å². The van der Waals surface area contributed by atoms with Gasteiger partial charge in [0.25, 0.3) is 0 Å². The van der Waals surface area contributed by atoms with Gasteiger partial charge in [0.1, 0.15) is 0 Å². The number of nitrogens with two attached hydrogens (primary N) is 1. The van der Waals surface area contributed by atoms with Crippen molar-refractivity contribution in [3.63, 3.8) is 0 Å². The zero-order chi connectivity index (χ0) is 12.3. The number of piperazine rings is 1. The standard InChI is InChI=1S/C14H29N3/c1-3-7-16-8-10-17(11-9-16)14(12-15)6-4-5-13(14)2/h13H,3-12,15H2,1-2H3. The fourth-order valence-electron chi connectivity index (χ4n) is 3.86. The first-order valence-corrected chi connectivity index (χ1v) is 7.40. The van der Waals surface area contributed by atoms with Gasteiger partial charge >= 0.3 is 0 Å². The molecule has 0 aromatic heterocycles. The van der Waals surface area contributed by atoms with E-state index >= 15 is 0 Å². The summed E-state index contributed by atoms with van der Waals surface area (Å²) < 4.78 is 0. The number of nitrogens with zero attached hydrogens (tertiary/aromatic N) is 2. The lowest BCUT2D eigenvalue weighted by atomic mass is 9.86. The zero-order valence-electron chi connectivity index (χ0n) is 11.6. The summed E-state index contributed by atoms with van der Waals surface area (Å²) >= 11 is 0. The first-order chi connectivity index (χ1) is 8.23. The van der Waals surface area contributed by atoms with Crippen LogP contribution in [0.25, 0.3) is 0 Å². The van der Waals surface area contributed by atoms with E-state index in [2.05, 4.69) is 23.6 Å². The van der Waals surface area contributed by atoms with E-state index in [1.54, 1.807) is 0 Å². The van der Waals surface area contributed by atoms with Crippen LogP contribution in [0, 0.1) is 5.92 Å². The van der Waals surface area contributed by atoms with E-state index in [4.69, 9.17) is 5.73 Å². The normalized spacial score (nSPS) is 36.5. The van der Waals surface area contributed by atoms with Crippen LogP contribution >= 0.6 is 0 Å². The highest BCUT2D eigenvalue weighted by atomic mass is 15.3. The van der Waals surface area contributed by atoms with Gasteiger partial charge in [0.2, 0.25) is 0 Å². The molecule has 2 rings (SSSR count). The molecule has 3 nitrogen and oxygen atoms in total. The minimum atomic E-state index is 0.332. The summed E-state index contributed by atoms with van der Waals surface area (Å²) in [5.74, 6) is 0.783. The van der Waals surface area contributed by atoms with Crippen LogP contribution in [0.2, 0.25) is 0 Å². The Labute approximate surface area is 106 Å². The van der Waals surface area contributed by atoms with Crippen molar-refractivity contribution in [3.8, 4) is 0 Å². The lowest BCUT2D eigenvalue weighted by Gasteiger charge is -2.48. The number of rotatable bonds is 4. The van der Waals surface area contributed by atoms with Gasteiger partial charge in [-0.2, -0.15) is 0 Å². The zero-order valence-corrected chi connectivity index (χ0v) is 11.6. The molecule has 2 N–H and O–H groups in total. The minimum absolute atomic E-state index is 0.332. The minimum Gasteiger partial charge on any atom is -0.329 e. The molecule has 1 saturated carbocycles. The largest absolute Gasteiger partial charge is 0.329 e. The summed E-state index contributed by atoms with van der Waals surface area (Å²) in [6, 6.07) is 0. The fourth-order valence-corrected chi connectivity index (χ4v) is 3.86. The van der Waals surface area contributed by atoms with Crippen LogP contribution in [0.15, 0.2) is 0 Å². The second-order valence-corrected chi connectivity index (χ2v) is 5.93. The molecule has 2 fully saturated rings.